The monoisotopic (exact) mass is 194 g/mol. The lowest BCUT2D eigenvalue weighted by Crippen LogP contribution is -1.96. The minimum absolute atomic E-state index is 0.00222. The number of carboxylic acid groups (broad SMARTS) is 1. The molecule has 1 N–H and O–H groups in total. The summed E-state index contributed by atoms with van der Waals surface area (Å²) in [4.78, 5) is 10.8. The molecule has 0 bridgehead atoms. The van der Waals surface area contributed by atoms with E-state index in [1.165, 1.54) is 12.1 Å². The number of carbonyl (C=O) groups is 1. The molecule has 0 atom stereocenters. The molecule has 0 amide bonds. The molecule has 0 aliphatic carbocycles. The molecule has 0 aliphatic rings. The number of hydrogen-bond donors (Lipinski definition) is 1. The van der Waals surface area contributed by atoms with E-state index in [4.69, 9.17) is 9.52 Å². The number of benzene rings is 1. The lowest BCUT2D eigenvalue weighted by atomic mass is 10.1. The molecule has 0 saturated heterocycles. The van der Waals surface area contributed by atoms with Crippen LogP contribution in [-0.2, 0) is 0 Å². The number of aromatic carboxylic acids is 1. The second-order valence-corrected chi connectivity index (χ2v) is 3.00. The van der Waals surface area contributed by atoms with Crippen LogP contribution >= 0.6 is 0 Å². The zero-order chi connectivity index (χ0) is 10.3. The van der Waals surface area contributed by atoms with E-state index in [2.05, 4.69) is 0 Å². The maximum Gasteiger partial charge on any atom is 0.336 e. The second kappa shape index (κ2) is 2.83. The summed E-state index contributed by atoms with van der Waals surface area (Å²) in [6.07, 6.45) is 0. The van der Waals surface area contributed by atoms with Crippen LogP contribution in [0, 0.1) is 12.7 Å². The SMILES string of the molecule is Cc1cc2c(C(=O)O)ccc(F)c2o1. The first kappa shape index (κ1) is 8.74. The van der Waals surface area contributed by atoms with Crippen molar-refractivity contribution in [2.45, 2.75) is 6.92 Å². The minimum Gasteiger partial charge on any atom is -0.478 e. The van der Waals surface area contributed by atoms with Crippen molar-refractivity contribution >= 4 is 16.9 Å². The molecule has 1 heterocycles. The fourth-order valence-electron chi connectivity index (χ4n) is 1.40. The Morgan fingerprint density at radius 2 is 2.21 bits per heavy atom. The van der Waals surface area contributed by atoms with Crippen molar-refractivity contribution in [2.24, 2.45) is 0 Å². The standard InChI is InChI=1S/C10H7FO3/c1-5-4-7-6(10(12)13)2-3-8(11)9(7)14-5/h2-4H,1H3,(H,12,13). The van der Waals surface area contributed by atoms with E-state index in [1.807, 2.05) is 0 Å². The van der Waals surface area contributed by atoms with Crippen LogP contribution in [-0.4, -0.2) is 11.1 Å². The molecule has 0 radical (unpaired) electrons. The maximum absolute atomic E-state index is 13.2. The largest absolute Gasteiger partial charge is 0.478 e. The van der Waals surface area contributed by atoms with Gasteiger partial charge < -0.3 is 9.52 Å². The van der Waals surface area contributed by atoms with Gasteiger partial charge in [-0.3, -0.25) is 0 Å². The molecule has 2 rings (SSSR count). The van der Waals surface area contributed by atoms with Crippen LogP contribution in [0.1, 0.15) is 16.1 Å². The molecule has 0 aliphatic heterocycles. The molecule has 3 nitrogen and oxygen atoms in total. The molecule has 0 unspecified atom stereocenters. The third kappa shape index (κ3) is 1.16. The van der Waals surface area contributed by atoms with E-state index in [0.717, 1.165) is 6.07 Å². The van der Waals surface area contributed by atoms with Crippen molar-refractivity contribution in [2.75, 3.05) is 0 Å². The molecule has 1 aromatic heterocycles. The minimum atomic E-state index is -1.09. The summed E-state index contributed by atoms with van der Waals surface area (Å²) in [7, 11) is 0. The van der Waals surface area contributed by atoms with Gasteiger partial charge in [0.2, 0.25) is 0 Å². The Balaban J connectivity index is 2.87. The predicted octanol–water partition coefficient (Wildman–Crippen LogP) is 2.58. The van der Waals surface area contributed by atoms with Gasteiger partial charge in [-0.1, -0.05) is 0 Å². The second-order valence-electron chi connectivity index (χ2n) is 3.00. The van der Waals surface area contributed by atoms with Crippen molar-refractivity contribution in [3.05, 3.63) is 35.3 Å². The Labute approximate surface area is 78.8 Å². The summed E-state index contributed by atoms with van der Waals surface area (Å²) in [5, 5.41) is 9.12. The van der Waals surface area contributed by atoms with Gasteiger partial charge in [-0.05, 0) is 25.1 Å². The van der Waals surface area contributed by atoms with Crippen molar-refractivity contribution in [3.63, 3.8) is 0 Å². The molecule has 1 aromatic carbocycles. The molecule has 72 valence electrons. The third-order valence-corrected chi connectivity index (χ3v) is 1.99. The van der Waals surface area contributed by atoms with Crippen molar-refractivity contribution in [1.29, 1.82) is 0 Å². The predicted molar refractivity (Wildman–Crippen MR) is 47.9 cm³/mol. The average Bonchev–Trinajstić information content (AvgIpc) is 2.47. The summed E-state index contributed by atoms with van der Waals surface area (Å²) in [5.41, 5.74) is 0.0562. The number of rotatable bonds is 1. The van der Waals surface area contributed by atoms with Crippen molar-refractivity contribution in [1.82, 2.24) is 0 Å². The highest BCUT2D eigenvalue weighted by molar-refractivity contribution is 6.02. The van der Waals surface area contributed by atoms with Crippen LogP contribution in [0.5, 0.6) is 0 Å². The highest BCUT2D eigenvalue weighted by atomic mass is 19.1. The van der Waals surface area contributed by atoms with E-state index < -0.39 is 11.8 Å². The lowest BCUT2D eigenvalue weighted by molar-refractivity contribution is 0.0699. The smallest absolute Gasteiger partial charge is 0.336 e. The first-order chi connectivity index (χ1) is 6.59. The zero-order valence-electron chi connectivity index (χ0n) is 7.37. The Morgan fingerprint density at radius 3 is 2.86 bits per heavy atom. The van der Waals surface area contributed by atoms with Gasteiger partial charge in [0.15, 0.2) is 11.4 Å². The molecular weight excluding hydrogens is 187 g/mol. The van der Waals surface area contributed by atoms with Gasteiger partial charge >= 0.3 is 5.97 Å². The summed E-state index contributed by atoms with van der Waals surface area (Å²) < 4.78 is 18.2. The number of aryl methyl sites for hydroxylation is 1. The Morgan fingerprint density at radius 1 is 1.50 bits per heavy atom. The van der Waals surface area contributed by atoms with Gasteiger partial charge in [-0.2, -0.15) is 0 Å². The van der Waals surface area contributed by atoms with Crippen LogP contribution in [0.2, 0.25) is 0 Å². The van der Waals surface area contributed by atoms with Crippen LogP contribution in [0.25, 0.3) is 11.0 Å². The Kier molecular flexibility index (Phi) is 1.77. The van der Waals surface area contributed by atoms with E-state index in [1.54, 1.807) is 6.92 Å². The normalized spacial score (nSPS) is 10.7. The number of furan rings is 1. The lowest BCUT2D eigenvalue weighted by Gasteiger charge is -1.96. The molecule has 2 aromatic rings. The molecule has 0 saturated carbocycles. The van der Waals surface area contributed by atoms with Crippen molar-refractivity contribution in [3.8, 4) is 0 Å². The van der Waals surface area contributed by atoms with E-state index >= 15 is 0 Å². The summed E-state index contributed by atoms with van der Waals surface area (Å²) in [6, 6.07) is 3.84. The zero-order valence-corrected chi connectivity index (χ0v) is 7.37. The topological polar surface area (TPSA) is 50.4 Å². The van der Waals surface area contributed by atoms with Crippen molar-refractivity contribution < 1.29 is 18.7 Å². The molecule has 0 spiro atoms. The molecule has 0 fully saturated rings. The molecule has 14 heavy (non-hydrogen) atoms. The van der Waals surface area contributed by atoms with Gasteiger partial charge in [0, 0.05) is 5.39 Å². The van der Waals surface area contributed by atoms with Gasteiger partial charge in [0.25, 0.3) is 0 Å². The first-order valence-electron chi connectivity index (χ1n) is 4.01. The Hall–Kier alpha value is -1.84. The highest BCUT2D eigenvalue weighted by Gasteiger charge is 2.14. The van der Waals surface area contributed by atoms with Gasteiger partial charge in [0.1, 0.15) is 5.76 Å². The van der Waals surface area contributed by atoms with Crippen LogP contribution in [0.4, 0.5) is 4.39 Å². The molecular formula is C10H7FO3. The number of hydrogen-bond acceptors (Lipinski definition) is 2. The molecule has 4 heteroatoms. The quantitative estimate of drug-likeness (QED) is 0.758. The van der Waals surface area contributed by atoms with E-state index in [0.29, 0.717) is 11.1 Å². The van der Waals surface area contributed by atoms with Crippen LogP contribution in [0.15, 0.2) is 22.6 Å². The fraction of sp³-hybridized carbons (Fsp3) is 0.100. The van der Waals surface area contributed by atoms with Crippen LogP contribution < -0.4 is 0 Å². The van der Waals surface area contributed by atoms with E-state index in [-0.39, 0.29) is 11.1 Å². The van der Waals surface area contributed by atoms with Crippen LogP contribution in [0.3, 0.4) is 0 Å². The average molecular weight is 194 g/mol. The number of fused-ring (bicyclic) bond motifs is 1. The maximum atomic E-state index is 13.2. The van der Waals surface area contributed by atoms with Gasteiger partial charge in [-0.25, -0.2) is 9.18 Å². The number of halogens is 1. The summed E-state index contributed by atoms with van der Waals surface area (Å²) in [6.45, 7) is 1.64. The Bertz CT molecular complexity index is 513. The highest BCUT2D eigenvalue weighted by Crippen LogP contribution is 2.25. The van der Waals surface area contributed by atoms with E-state index in [9.17, 15) is 9.18 Å². The van der Waals surface area contributed by atoms with Gasteiger partial charge in [0.05, 0.1) is 5.56 Å². The first-order valence-corrected chi connectivity index (χ1v) is 4.01. The third-order valence-electron chi connectivity index (χ3n) is 1.99. The number of carboxylic acids is 1. The summed E-state index contributed by atoms with van der Waals surface area (Å²) >= 11 is 0. The fourth-order valence-corrected chi connectivity index (χ4v) is 1.40. The van der Waals surface area contributed by atoms with Gasteiger partial charge in [-0.15, -0.1) is 0 Å². The summed E-state index contributed by atoms with van der Waals surface area (Å²) in [5.74, 6) is -1.14.